The van der Waals surface area contributed by atoms with Gasteiger partial charge in [-0.05, 0) is 24.1 Å². The van der Waals surface area contributed by atoms with E-state index in [0.29, 0.717) is 13.2 Å². The molecular weight excluding hydrogens is 348 g/mol. The van der Waals surface area contributed by atoms with Gasteiger partial charge in [0, 0.05) is 19.7 Å². The molecule has 2 N–H and O–H groups in total. The molecule has 144 valence electrons. The lowest BCUT2D eigenvalue weighted by Gasteiger charge is -2.16. The van der Waals surface area contributed by atoms with Crippen molar-refractivity contribution in [2.45, 2.75) is 26.0 Å². The van der Waals surface area contributed by atoms with Gasteiger partial charge in [0.05, 0.1) is 19.2 Å². The zero-order chi connectivity index (χ0) is 19.4. The average molecular weight is 372 g/mol. The van der Waals surface area contributed by atoms with Crippen molar-refractivity contribution in [2.24, 2.45) is 0 Å². The van der Waals surface area contributed by atoms with Gasteiger partial charge < -0.3 is 20.1 Å². The number of nitrogens with zero attached hydrogens (tertiary/aromatic N) is 3. The van der Waals surface area contributed by atoms with Crippen molar-refractivity contribution in [3.8, 4) is 5.75 Å². The van der Waals surface area contributed by atoms with E-state index in [1.165, 1.54) is 21.2 Å². The summed E-state index contributed by atoms with van der Waals surface area (Å²) in [6.45, 7) is 3.15. The number of aryl methyl sites for hydroxylation is 1. The number of amides is 2. The SMILES string of the molecule is CCc1cccc(OCCN(C)C(=O)c2cc3n(n2)CC(O)CNC3=O)c1. The molecule has 0 bridgehead atoms. The van der Waals surface area contributed by atoms with Crippen molar-refractivity contribution < 1.29 is 19.4 Å². The van der Waals surface area contributed by atoms with Gasteiger partial charge >= 0.3 is 0 Å². The molecule has 0 spiro atoms. The molecule has 2 aromatic rings. The molecule has 0 aliphatic carbocycles. The summed E-state index contributed by atoms with van der Waals surface area (Å²) in [5.41, 5.74) is 1.64. The molecule has 8 heteroatoms. The van der Waals surface area contributed by atoms with Crippen LogP contribution in [-0.2, 0) is 13.0 Å². The van der Waals surface area contributed by atoms with E-state index < -0.39 is 6.10 Å². The summed E-state index contributed by atoms with van der Waals surface area (Å²) in [6, 6.07) is 9.31. The molecule has 0 radical (unpaired) electrons. The first-order valence-corrected chi connectivity index (χ1v) is 8.99. The highest BCUT2D eigenvalue weighted by Gasteiger charge is 2.25. The molecule has 0 saturated carbocycles. The number of benzene rings is 1. The van der Waals surface area contributed by atoms with E-state index >= 15 is 0 Å². The van der Waals surface area contributed by atoms with Crippen LogP contribution in [0, 0.1) is 0 Å². The lowest BCUT2D eigenvalue weighted by Crippen LogP contribution is -2.32. The van der Waals surface area contributed by atoms with E-state index in [4.69, 9.17) is 4.74 Å². The fourth-order valence-corrected chi connectivity index (χ4v) is 2.86. The van der Waals surface area contributed by atoms with Crippen molar-refractivity contribution in [1.82, 2.24) is 20.0 Å². The summed E-state index contributed by atoms with van der Waals surface area (Å²) >= 11 is 0. The number of fused-ring (bicyclic) bond motifs is 1. The van der Waals surface area contributed by atoms with E-state index in [-0.39, 0.29) is 36.3 Å². The molecule has 0 saturated heterocycles. The van der Waals surface area contributed by atoms with Gasteiger partial charge in [-0.15, -0.1) is 0 Å². The Bertz CT molecular complexity index is 833. The molecular formula is C19H24N4O4. The van der Waals surface area contributed by atoms with Crippen LogP contribution in [0.5, 0.6) is 5.75 Å². The normalized spacial score (nSPS) is 16.3. The third-order valence-corrected chi connectivity index (χ3v) is 4.46. The first kappa shape index (κ1) is 18.9. The monoisotopic (exact) mass is 372 g/mol. The molecule has 1 aliphatic rings. The first-order valence-electron chi connectivity index (χ1n) is 8.99. The standard InChI is InChI=1S/C19H24N4O4/c1-3-13-5-4-6-15(9-13)27-8-7-22(2)19(26)16-10-17-18(25)20-11-14(24)12-23(17)21-16/h4-6,9-10,14,24H,3,7-8,11-12H2,1-2H3,(H,20,25). The summed E-state index contributed by atoms with van der Waals surface area (Å²) in [7, 11) is 1.66. The molecule has 0 fully saturated rings. The van der Waals surface area contributed by atoms with Crippen LogP contribution in [0.2, 0.25) is 0 Å². The average Bonchev–Trinajstić information content (AvgIpc) is 3.03. The summed E-state index contributed by atoms with van der Waals surface area (Å²) in [6.07, 6.45) is 0.200. The van der Waals surface area contributed by atoms with E-state index in [2.05, 4.69) is 17.3 Å². The van der Waals surface area contributed by atoms with Crippen molar-refractivity contribution in [3.63, 3.8) is 0 Å². The van der Waals surface area contributed by atoms with Gasteiger partial charge in [-0.25, -0.2) is 0 Å². The summed E-state index contributed by atoms with van der Waals surface area (Å²) < 4.78 is 7.09. The van der Waals surface area contributed by atoms with Gasteiger partial charge in [0.1, 0.15) is 18.1 Å². The number of carbonyl (C=O) groups is 2. The molecule has 1 aromatic heterocycles. The van der Waals surface area contributed by atoms with Crippen molar-refractivity contribution in [2.75, 3.05) is 26.7 Å². The maximum Gasteiger partial charge on any atom is 0.274 e. The predicted molar refractivity (Wildman–Crippen MR) is 98.8 cm³/mol. The Kier molecular flexibility index (Phi) is 5.75. The van der Waals surface area contributed by atoms with E-state index in [1.807, 2.05) is 24.3 Å². The molecule has 2 amide bonds. The van der Waals surface area contributed by atoms with Crippen LogP contribution in [0.25, 0.3) is 0 Å². The Hall–Kier alpha value is -2.87. The van der Waals surface area contributed by atoms with Crippen molar-refractivity contribution in [1.29, 1.82) is 0 Å². The Balaban J connectivity index is 1.60. The highest BCUT2D eigenvalue weighted by molar-refractivity contribution is 5.98. The fourth-order valence-electron chi connectivity index (χ4n) is 2.86. The number of aromatic nitrogens is 2. The Labute approximate surface area is 157 Å². The zero-order valence-corrected chi connectivity index (χ0v) is 15.5. The molecule has 2 heterocycles. The molecule has 3 rings (SSSR count). The van der Waals surface area contributed by atoms with E-state index in [9.17, 15) is 14.7 Å². The number of likely N-dealkylation sites (N-methyl/N-ethyl adjacent to an activating group) is 1. The highest BCUT2D eigenvalue weighted by atomic mass is 16.5. The van der Waals surface area contributed by atoms with Crippen molar-refractivity contribution in [3.05, 3.63) is 47.3 Å². The Morgan fingerprint density at radius 1 is 1.44 bits per heavy atom. The molecule has 1 aliphatic heterocycles. The van der Waals surface area contributed by atoms with Crippen molar-refractivity contribution >= 4 is 11.8 Å². The maximum atomic E-state index is 12.6. The molecule has 8 nitrogen and oxygen atoms in total. The van der Waals surface area contributed by atoms with E-state index in [0.717, 1.165) is 12.2 Å². The Morgan fingerprint density at radius 2 is 2.26 bits per heavy atom. The number of hydrogen-bond acceptors (Lipinski definition) is 5. The highest BCUT2D eigenvalue weighted by Crippen LogP contribution is 2.14. The lowest BCUT2D eigenvalue weighted by molar-refractivity contribution is 0.0765. The number of carbonyl (C=O) groups excluding carboxylic acids is 2. The number of nitrogens with one attached hydrogen (secondary N) is 1. The first-order chi connectivity index (χ1) is 13.0. The van der Waals surface area contributed by atoms with Gasteiger partial charge in [-0.1, -0.05) is 19.1 Å². The predicted octanol–water partition coefficient (Wildman–Crippen LogP) is 0.701. The van der Waals surface area contributed by atoms with Gasteiger partial charge in [0.15, 0.2) is 5.69 Å². The zero-order valence-electron chi connectivity index (χ0n) is 15.5. The number of aliphatic hydroxyl groups is 1. The largest absolute Gasteiger partial charge is 0.492 e. The lowest BCUT2D eigenvalue weighted by atomic mass is 10.2. The minimum atomic E-state index is -0.733. The van der Waals surface area contributed by atoms with Gasteiger partial charge in [0.2, 0.25) is 0 Å². The third kappa shape index (κ3) is 4.46. The number of ether oxygens (including phenoxy) is 1. The summed E-state index contributed by atoms with van der Waals surface area (Å²) in [4.78, 5) is 26.1. The van der Waals surface area contributed by atoms with Crippen LogP contribution < -0.4 is 10.1 Å². The summed E-state index contributed by atoms with van der Waals surface area (Å²) in [5.74, 6) is 0.123. The quantitative estimate of drug-likeness (QED) is 0.778. The van der Waals surface area contributed by atoms with Gasteiger partial charge in [0.25, 0.3) is 11.8 Å². The molecule has 27 heavy (non-hydrogen) atoms. The summed E-state index contributed by atoms with van der Waals surface area (Å²) in [5, 5.41) is 16.6. The van der Waals surface area contributed by atoms with Crippen LogP contribution in [0.1, 0.15) is 33.5 Å². The second kappa shape index (κ2) is 8.22. The van der Waals surface area contributed by atoms with Crippen LogP contribution in [0.15, 0.2) is 30.3 Å². The maximum absolute atomic E-state index is 12.6. The minimum Gasteiger partial charge on any atom is -0.492 e. The molecule has 1 unspecified atom stereocenters. The third-order valence-electron chi connectivity index (χ3n) is 4.46. The molecule has 1 aromatic carbocycles. The second-order valence-electron chi connectivity index (χ2n) is 6.54. The number of hydrogen-bond donors (Lipinski definition) is 2. The number of β-amino-alcohol motifs (C(OH)–C–C–N with tert-alkyl or cyclic N) is 1. The minimum absolute atomic E-state index is 0.169. The second-order valence-corrected chi connectivity index (χ2v) is 6.54. The molecule has 1 atom stereocenters. The van der Waals surface area contributed by atoms with Crippen LogP contribution >= 0.6 is 0 Å². The Morgan fingerprint density at radius 3 is 3.04 bits per heavy atom. The fraction of sp³-hybridized carbons (Fsp3) is 0.421. The van der Waals surface area contributed by atoms with Crippen LogP contribution in [0.3, 0.4) is 0 Å². The van der Waals surface area contributed by atoms with Crippen LogP contribution in [0.4, 0.5) is 0 Å². The van der Waals surface area contributed by atoms with Gasteiger partial charge in [-0.2, -0.15) is 5.10 Å². The van der Waals surface area contributed by atoms with Crippen LogP contribution in [-0.4, -0.2) is 64.4 Å². The number of rotatable bonds is 6. The van der Waals surface area contributed by atoms with Gasteiger partial charge in [-0.3, -0.25) is 14.3 Å². The number of aliphatic hydroxyl groups excluding tert-OH is 1. The van der Waals surface area contributed by atoms with E-state index in [1.54, 1.807) is 7.05 Å². The smallest absolute Gasteiger partial charge is 0.274 e. The topological polar surface area (TPSA) is 96.7 Å².